The molecule has 4 heteroatoms. The van der Waals surface area contributed by atoms with Gasteiger partial charge in [-0.3, -0.25) is 4.79 Å². The van der Waals surface area contributed by atoms with Crippen LogP contribution in [0.3, 0.4) is 0 Å². The molecule has 0 radical (unpaired) electrons. The first-order valence-electron chi connectivity index (χ1n) is 5.63. The molecule has 3 nitrogen and oxygen atoms in total. The highest BCUT2D eigenvalue weighted by atomic mass is 35.5. The standard InChI is InChI=1S/C13H15ClN2O/c14-11-4-1-10(2-5-11)3-6-13(17)16-8-7-12(15)9-16/h1-6,12H,7-9,15H2/b6-3+. The van der Waals surface area contributed by atoms with Crippen LogP contribution in [0.2, 0.25) is 5.02 Å². The molecule has 1 heterocycles. The second-order valence-corrected chi connectivity index (χ2v) is 4.65. The molecule has 1 unspecified atom stereocenters. The van der Waals surface area contributed by atoms with Gasteiger partial charge in [0.2, 0.25) is 5.91 Å². The Kier molecular flexibility index (Phi) is 3.82. The summed E-state index contributed by atoms with van der Waals surface area (Å²) in [6, 6.07) is 7.49. The number of halogens is 1. The molecule has 1 aliphatic heterocycles. The second kappa shape index (κ2) is 5.34. The average Bonchev–Trinajstić information content (AvgIpc) is 2.75. The summed E-state index contributed by atoms with van der Waals surface area (Å²) in [7, 11) is 0. The first-order valence-corrected chi connectivity index (χ1v) is 6.01. The molecule has 1 aromatic carbocycles. The molecular weight excluding hydrogens is 236 g/mol. The maximum absolute atomic E-state index is 11.8. The number of carbonyl (C=O) groups excluding carboxylic acids is 1. The van der Waals surface area contributed by atoms with Gasteiger partial charge in [0.15, 0.2) is 0 Å². The summed E-state index contributed by atoms with van der Waals surface area (Å²) >= 11 is 5.78. The van der Waals surface area contributed by atoms with E-state index in [0.717, 1.165) is 18.5 Å². The van der Waals surface area contributed by atoms with Crippen molar-refractivity contribution in [3.05, 3.63) is 40.9 Å². The lowest BCUT2D eigenvalue weighted by atomic mass is 10.2. The van der Waals surface area contributed by atoms with Crippen LogP contribution in [0.5, 0.6) is 0 Å². The topological polar surface area (TPSA) is 46.3 Å². The van der Waals surface area contributed by atoms with E-state index in [9.17, 15) is 4.79 Å². The molecule has 0 bridgehead atoms. The first-order chi connectivity index (χ1) is 8.15. The summed E-state index contributed by atoms with van der Waals surface area (Å²) in [6.07, 6.45) is 4.27. The zero-order chi connectivity index (χ0) is 12.3. The van der Waals surface area contributed by atoms with Gasteiger partial charge in [-0.15, -0.1) is 0 Å². The van der Waals surface area contributed by atoms with E-state index in [2.05, 4.69) is 0 Å². The molecule has 0 aromatic heterocycles. The number of amides is 1. The van der Waals surface area contributed by atoms with Gasteiger partial charge in [0, 0.05) is 30.2 Å². The van der Waals surface area contributed by atoms with Gasteiger partial charge in [0.1, 0.15) is 0 Å². The van der Waals surface area contributed by atoms with E-state index < -0.39 is 0 Å². The third kappa shape index (κ3) is 3.32. The molecule has 17 heavy (non-hydrogen) atoms. The van der Waals surface area contributed by atoms with Gasteiger partial charge in [0.05, 0.1) is 0 Å². The van der Waals surface area contributed by atoms with Crippen LogP contribution in [0.15, 0.2) is 30.3 Å². The SMILES string of the molecule is NC1CCN(C(=O)/C=C/c2ccc(Cl)cc2)C1. The van der Waals surface area contributed by atoms with Crippen molar-refractivity contribution in [3.8, 4) is 0 Å². The van der Waals surface area contributed by atoms with Crippen LogP contribution < -0.4 is 5.73 Å². The third-order valence-corrected chi connectivity index (χ3v) is 3.08. The van der Waals surface area contributed by atoms with Crippen LogP contribution in [-0.2, 0) is 4.79 Å². The fourth-order valence-corrected chi connectivity index (χ4v) is 1.96. The van der Waals surface area contributed by atoms with Crippen LogP contribution in [0.4, 0.5) is 0 Å². The molecule has 1 amide bonds. The predicted octanol–water partition coefficient (Wildman–Crippen LogP) is 1.91. The number of hydrogen-bond donors (Lipinski definition) is 1. The summed E-state index contributed by atoms with van der Waals surface area (Å²) in [5, 5.41) is 0.694. The van der Waals surface area contributed by atoms with Crippen LogP contribution >= 0.6 is 11.6 Å². The molecule has 2 N–H and O–H groups in total. The lowest BCUT2D eigenvalue weighted by molar-refractivity contribution is -0.124. The minimum absolute atomic E-state index is 0.0212. The van der Waals surface area contributed by atoms with Crippen molar-refractivity contribution in [1.29, 1.82) is 0 Å². The molecule has 0 saturated carbocycles. The first kappa shape index (κ1) is 12.1. The van der Waals surface area contributed by atoms with Crippen LogP contribution in [0.25, 0.3) is 6.08 Å². The second-order valence-electron chi connectivity index (χ2n) is 4.22. The molecule has 1 aromatic rings. The van der Waals surface area contributed by atoms with Gasteiger partial charge in [-0.1, -0.05) is 23.7 Å². The predicted molar refractivity (Wildman–Crippen MR) is 69.7 cm³/mol. The van der Waals surface area contributed by atoms with Crippen LogP contribution in [0, 0.1) is 0 Å². The Morgan fingerprint density at radius 3 is 2.71 bits per heavy atom. The Morgan fingerprint density at radius 1 is 1.41 bits per heavy atom. The molecular formula is C13H15ClN2O. The van der Waals surface area contributed by atoms with Gasteiger partial charge in [0.25, 0.3) is 0 Å². The molecule has 0 spiro atoms. The van der Waals surface area contributed by atoms with Crippen molar-refractivity contribution in [2.24, 2.45) is 5.73 Å². The molecule has 2 rings (SSSR count). The normalized spacial score (nSPS) is 20.1. The zero-order valence-electron chi connectivity index (χ0n) is 9.47. The average molecular weight is 251 g/mol. The Balaban J connectivity index is 1.96. The van der Waals surface area contributed by atoms with Crippen molar-refractivity contribution in [3.63, 3.8) is 0 Å². The minimum Gasteiger partial charge on any atom is -0.338 e. The number of nitrogens with zero attached hydrogens (tertiary/aromatic N) is 1. The summed E-state index contributed by atoms with van der Waals surface area (Å²) in [5.41, 5.74) is 6.72. The van der Waals surface area contributed by atoms with Gasteiger partial charge >= 0.3 is 0 Å². The van der Waals surface area contributed by atoms with Crippen molar-refractivity contribution < 1.29 is 4.79 Å². The Hall–Kier alpha value is -1.32. The van der Waals surface area contributed by atoms with E-state index in [1.54, 1.807) is 29.2 Å². The number of carbonyl (C=O) groups is 1. The smallest absolute Gasteiger partial charge is 0.246 e. The quantitative estimate of drug-likeness (QED) is 0.815. The number of hydrogen-bond acceptors (Lipinski definition) is 2. The Bertz CT molecular complexity index is 428. The zero-order valence-corrected chi connectivity index (χ0v) is 10.2. The minimum atomic E-state index is 0.0212. The van der Waals surface area contributed by atoms with Gasteiger partial charge in [-0.05, 0) is 30.2 Å². The highest BCUT2D eigenvalue weighted by Crippen LogP contribution is 2.12. The Labute approximate surface area is 106 Å². The monoisotopic (exact) mass is 250 g/mol. The fraction of sp³-hybridized carbons (Fsp3) is 0.308. The summed E-state index contributed by atoms with van der Waals surface area (Å²) in [6.45, 7) is 1.41. The molecule has 1 fully saturated rings. The summed E-state index contributed by atoms with van der Waals surface area (Å²) in [5.74, 6) is 0.0212. The van der Waals surface area contributed by atoms with E-state index >= 15 is 0 Å². The molecule has 1 atom stereocenters. The van der Waals surface area contributed by atoms with Gasteiger partial charge in [-0.2, -0.15) is 0 Å². The maximum atomic E-state index is 11.8. The van der Waals surface area contributed by atoms with Crippen LogP contribution in [0.1, 0.15) is 12.0 Å². The van der Waals surface area contributed by atoms with E-state index in [0.29, 0.717) is 11.6 Å². The summed E-state index contributed by atoms with van der Waals surface area (Å²) in [4.78, 5) is 13.6. The van der Waals surface area contributed by atoms with E-state index in [1.807, 2.05) is 12.1 Å². The maximum Gasteiger partial charge on any atom is 0.246 e. The number of rotatable bonds is 2. The van der Waals surface area contributed by atoms with Crippen molar-refractivity contribution in [1.82, 2.24) is 4.90 Å². The van der Waals surface area contributed by atoms with Gasteiger partial charge < -0.3 is 10.6 Å². The highest BCUT2D eigenvalue weighted by molar-refractivity contribution is 6.30. The molecule has 1 aliphatic rings. The molecule has 90 valence electrons. The highest BCUT2D eigenvalue weighted by Gasteiger charge is 2.21. The third-order valence-electron chi connectivity index (χ3n) is 2.82. The molecule has 0 aliphatic carbocycles. The summed E-state index contributed by atoms with van der Waals surface area (Å²) < 4.78 is 0. The Morgan fingerprint density at radius 2 is 2.12 bits per heavy atom. The lowest BCUT2D eigenvalue weighted by Gasteiger charge is -2.12. The van der Waals surface area contributed by atoms with Gasteiger partial charge in [-0.25, -0.2) is 0 Å². The van der Waals surface area contributed by atoms with E-state index in [4.69, 9.17) is 17.3 Å². The van der Waals surface area contributed by atoms with Crippen molar-refractivity contribution in [2.45, 2.75) is 12.5 Å². The number of benzene rings is 1. The van der Waals surface area contributed by atoms with Crippen molar-refractivity contribution >= 4 is 23.6 Å². The van der Waals surface area contributed by atoms with E-state index in [1.165, 1.54) is 0 Å². The van der Waals surface area contributed by atoms with Crippen LogP contribution in [-0.4, -0.2) is 29.9 Å². The fourth-order valence-electron chi connectivity index (χ4n) is 1.83. The largest absolute Gasteiger partial charge is 0.338 e. The lowest BCUT2D eigenvalue weighted by Crippen LogP contribution is -2.30. The number of likely N-dealkylation sites (tertiary alicyclic amines) is 1. The van der Waals surface area contributed by atoms with E-state index in [-0.39, 0.29) is 11.9 Å². The van der Waals surface area contributed by atoms with Crippen molar-refractivity contribution in [2.75, 3.05) is 13.1 Å². The number of nitrogens with two attached hydrogens (primary N) is 1. The molecule has 1 saturated heterocycles.